The van der Waals surface area contributed by atoms with Gasteiger partial charge in [0.05, 0.1) is 46.1 Å². The van der Waals surface area contributed by atoms with Crippen LogP contribution in [0.5, 0.6) is 23.0 Å². The fourth-order valence-corrected chi connectivity index (χ4v) is 6.38. The third-order valence-corrected chi connectivity index (χ3v) is 8.59. The summed E-state index contributed by atoms with van der Waals surface area (Å²) < 4.78 is 22.1. The summed E-state index contributed by atoms with van der Waals surface area (Å²) in [5.41, 5.74) is 2.80. The SMILES string of the molecule is COc1ccc([C@@H]2[C@H](C(=O)N3CCC(Cc4ccccc4)CC3)CCC(=O)N2c2cc(OC)c(OC)c(OC)c2)cc1. The summed E-state index contributed by atoms with van der Waals surface area (Å²) >= 11 is 0. The quantitative estimate of drug-likeness (QED) is 0.328. The van der Waals surface area contributed by atoms with Gasteiger partial charge in [-0.2, -0.15) is 0 Å². The minimum absolute atomic E-state index is 0.0595. The maximum atomic E-state index is 14.2. The van der Waals surface area contributed by atoms with E-state index in [2.05, 4.69) is 24.3 Å². The maximum absolute atomic E-state index is 14.2. The molecule has 0 aromatic heterocycles. The Morgan fingerprint density at radius 3 is 2.02 bits per heavy atom. The summed E-state index contributed by atoms with van der Waals surface area (Å²) in [6.45, 7) is 1.45. The number of amides is 2. The number of ether oxygens (including phenoxy) is 4. The summed E-state index contributed by atoms with van der Waals surface area (Å²) in [6.07, 6.45) is 3.72. The summed E-state index contributed by atoms with van der Waals surface area (Å²) in [7, 11) is 6.26. The van der Waals surface area contributed by atoms with Crippen molar-refractivity contribution in [1.82, 2.24) is 4.90 Å². The molecule has 222 valence electrons. The Morgan fingerprint density at radius 2 is 1.45 bits per heavy atom. The molecule has 0 aliphatic carbocycles. The van der Waals surface area contributed by atoms with Crippen molar-refractivity contribution >= 4 is 17.5 Å². The van der Waals surface area contributed by atoms with Crippen LogP contribution in [0.1, 0.15) is 42.9 Å². The maximum Gasteiger partial charge on any atom is 0.228 e. The molecule has 0 saturated carbocycles. The highest BCUT2D eigenvalue weighted by Gasteiger charge is 2.44. The van der Waals surface area contributed by atoms with Gasteiger partial charge in [-0.25, -0.2) is 0 Å². The van der Waals surface area contributed by atoms with Crippen molar-refractivity contribution in [3.63, 3.8) is 0 Å². The van der Waals surface area contributed by atoms with Crippen molar-refractivity contribution in [3.05, 3.63) is 77.9 Å². The molecule has 8 heteroatoms. The minimum atomic E-state index is -0.505. The summed E-state index contributed by atoms with van der Waals surface area (Å²) in [5.74, 6) is 2.24. The molecule has 2 fully saturated rings. The zero-order chi connectivity index (χ0) is 29.6. The first-order valence-electron chi connectivity index (χ1n) is 14.6. The highest BCUT2D eigenvalue weighted by molar-refractivity contribution is 5.98. The van der Waals surface area contributed by atoms with Gasteiger partial charge in [-0.1, -0.05) is 42.5 Å². The molecule has 8 nitrogen and oxygen atoms in total. The van der Waals surface area contributed by atoms with E-state index >= 15 is 0 Å². The average molecular weight is 573 g/mol. The van der Waals surface area contributed by atoms with Gasteiger partial charge >= 0.3 is 0 Å². The molecule has 0 unspecified atom stereocenters. The number of benzene rings is 3. The highest BCUT2D eigenvalue weighted by Crippen LogP contribution is 2.47. The molecular weight excluding hydrogens is 532 g/mol. The first kappa shape index (κ1) is 29.3. The number of methoxy groups -OCH3 is 4. The molecule has 2 amide bonds. The van der Waals surface area contributed by atoms with Gasteiger partial charge in [-0.15, -0.1) is 0 Å². The van der Waals surface area contributed by atoms with E-state index in [-0.39, 0.29) is 18.2 Å². The molecule has 0 N–H and O–H groups in total. The van der Waals surface area contributed by atoms with E-state index in [9.17, 15) is 9.59 Å². The van der Waals surface area contributed by atoms with Crippen molar-refractivity contribution < 1.29 is 28.5 Å². The van der Waals surface area contributed by atoms with E-state index in [1.165, 1.54) is 5.56 Å². The molecule has 3 aromatic carbocycles. The van der Waals surface area contributed by atoms with Gasteiger partial charge in [-0.3, -0.25) is 9.59 Å². The Bertz CT molecular complexity index is 1340. The molecule has 2 aliphatic heterocycles. The lowest BCUT2D eigenvalue weighted by Gasteiger charge is -2.43. The van der Waals surface area contributed by atoms with Crippen LogP contribution >= 0.6 is 0 Å². The number of likely N-dealkylation sites (tertiary alicyclic amines) is 1. The largest absolute Gasteiger partial charge is 0.497 e. The number of nitrogens with zero attached hydrogens (tertiary/aromatic N) is 2. The average Bonchev–Trinajstić information content (AvgIpc) is 3.04. The van der Waals surface area contributed by atoms with Gasteiger partial charge in [-0.05, 0) is 54.9 Å². The second kappa shape index (κ2) is 13.2. The molecule has 2 aliphatic rings. The number of rotatable bonds is 9. The Morgan fingerprint density at radius 1 is 0.810 bits per heavy atom. The van der Waals surface area contributed by atoms with Crippen molar-refractivity contribution in [2.45, 2.75) is 38.1 Å². The predicted molar refractivity (Wildman–Crippen MR) is 161 cm³/mol. The van der Waals surface area contributed by atoms with E-state index in [0.29, 0.717) is 41.0 Å². The summed E-state index contributed by atoms with van der Waals surface area (Å²) in [6, 6.07) is 21.2. The molecule has 3 aromatic rings. The number of carbonyl (C=O) groups is 2. The van der Waals surface area contributed by atoms with Crippen molar-refractivity contribution in [2.24, 2.45) is 11.8 Å². The second-order valence-corrected chi connectivity index (χ2v) is 11.0. The lowest BCUT2D eigenvalue weighted by atomic mass is 9.82. The molecule has 2 atom stereocenters. The number of piperidine rings is 2. The smallest absolute Gasteiger partial charge is 0.228 e. The Labute approximate surface area is 248 Å². The van der Waals surface area contributed by atoms with Crippen LogP contribution in [-0.4, -0.2) is 58.2 Å². The van der Waals surface area contributed by atoms with Crippen molar-refractivity contribution in [3.8, 4) is 23.0 Å². The summed E-state index contributed by atoms with van der Waals surface area (Å²) in [4.78, 5) is 31.7. The lowest BCUT2D eigenvalue weighted by Crippen LogP contribution is -2.50. The van der Waals surface area contributed by atoms with Crippen molar-refractivity contribution in [1.29, 1.82) is 0 Å². The molecule has 42 heavy (non-hydrogen) atoms. The first-order chi connectivity index (χ1) is 20.5. The molecule has 0 spiro atoms. The molecule has 5 rings (SSSR count). The van der Waals surface area contributed by atoms with Crippen LogP contribution in [0.4, 0.5) is 5.69 Å². The van der Waals surface area contributed by atoms with E-state index in [1.54, 1.807) is 45.5 Å². The Balaban J connectivity index is 1.46. The molecule has 0 radical (unpaired) electrons. The minimum Gasteiger partial charge on any atom is -0.497 e. The van der Waals surface area contributed by atoms with Gasteiger partial charge < -0.3 is 28.7 Å². The van der Waals surface area contributed by atoms with Gasteiger partial charge in [0.25, 0.3) is 0 Å². The monoisotopic (exact) mass is 572 g/mol. The zero-order valence-electron chi connectivity index (χ0n) is 24.9. The highest BCUT2D eigenvalue weighted by atomic mass is 16.5. The third-order valence-electron chi connectivity index (χ3n) is 8.59. The van der Waals surface area contributed by atoms with Gasteiger partial charge in [0.2, 0.25) is 17.6 Å². The number of hydrogen-bond donors (Lipinski definition) is 0. The number of anilines is 1. The fraction of sp³-hybridized carbons (Fsp3) is 0.412. The zero-order valence-corrected chi connectivity index (χ0v) is 24.9. The van der Waals surface area contributed by atoms with Crippen LogP contribution in [0.25, 0.3) is 0 Å². The molecule has 2 saturated heterocycles. The second-order valence-electron chi connectivity index (χ2n) is 11.0. The van der Waals surface area contributed by atoms with Gasteiger partial charge in [0.1, 0.15) is 5.75 Å². The molecular formula is C34H40N2O6. The lowest BCUT2D eigenvalue weighted by molar-refractivity contribution is -0.139. The van der Waals surface area contributed by atoms with Gasteiger partial charge in [0.15, 0.2) is 11.5 Å². The number of carbonyl (C=O) groups excluding carboxylic acids is 2. The third kappa shape index (κ3) is 6.03. The standard InChI is InChI=1S/C34H40N2O6/c1-39-27-12-10-25(11-13-27)32-28(34(38)35-18-16-24(17-19-35)20-23-8-6-5-7-9-23)14-15-31(37)36(32)26-21-29(40-2)33(42-4)30(22-26)41-3/h5-13,21-22,24,28,32H,14-20H2,1-4H3/t28-,32-/m1/s1. The molecule has 0 bridgehead atoms. The topological polar surface area (TPSA) is 77.5 Å². The van der Waals surface area contributed by atoms with Gasteiger partial charge in [0, 0.05) is 31.6 Å². The Kier molecular flexibility index (Phi) is 9.20. The fourth-order valence-electron chi connectivity index (χ4n) is 6.38. The van der Waals surface area contributed by atoms with E-state index in [0.717, 1.165) is 37.9 Å². The van der Waals surface area contributed by atoms with Crippen molar-refractivity contribution in [2.75, 3.05) is 46.4 Å². The van der Waals surface area contributed by atoms with E-state index in [4.69, 9.17) is 18.9 Å². The van der Waals surface area contributed by atoms with Crippen LogP contribution in [0, 0.1) is 11.8 Å². The number of hydrogen-bond acceptors (Lipinski definition) is 6. The van der Waals surface area contributed by atoms with E-state index in [1.807, 2.05) is 35.2 Å². The van der Waals surface area contributed by atoms with Crippen LogP contribution in [0.15, 0.2) is 66.7 Å². The van der Waals surface area contributed by atoms with Crippen LogP contribution in [0.2, 0.25) is 0 Å². The van der Waals surface area contributed by atoms with Crippen LogP contribution in [-0.2, 0) is 16.0 Å². The molecule has 2 heterocycles. The van der Waals surface area contributed by atoms with Crippen LogP contribution in [0.3, 0.4) is 0 Å². The van der Waals surface area contributed by atoms with E-state index < -0.39 is 12.0 Å². The summed E-state index contributed by atoms with van der Waals surface area (Å²) in [5, 5.41) is 0. The normalized spacial score (nSPS) is 19.4. The predicted octanol–water partition coefficient (Wildman–Crippen LogP) is 5.69. The van der Waals surface area contributed by atoms with Crippen LogP contribution < -0.4 is 23.8 Å². The Hall–Kier alpha value is -4.20. The first-order valence-corrected chi connectivity index (χ1v) is 14.6.